The minimum Gasteiger partial charge on any atom is -0.476 e. The van der Waals surface area contributed by atoms with E-state index in [2.05, 4.69) is 10.3 Å². The third kappa shape index (κ3) is 3.53. The van der Waals surface area contributed by atoms with Crippen molar-refractivity contribution in [2.24, 2.45) is 5.92 Å². The van der Waals surface area contributed by atoms with Crippen LogP contribution >= 0.6 is 11.3 Å². The van der Waals surface area contributed by atoms with E-state index in [9.17, 15) is 9.59 Å². The van der Waals surface area contributed by atoms with Gasteiger partial charge in [-0.3, -0.25) is 4.79 Å². The van der Waals surface area contributed by atoms with Gasteiger partial charge in [-0.2, -0.15) is 0 Å². The minimum absolute atomic E-state index is 0.00438. The van der Waals surface area contributed by atoms with Crippen LogP contribution in [0.25, 0.3) is 0 Å². The van der Waals surface area contributed by atoms with Crippen LogP contribution in [0.5, 0.6) is 0 Å². The van der Waals surface area contributed by atoms with Crippen LogP contribution in [0.3, 0.4) is 0 Å². The highest BCUT2D eigenvalue weighted by atomic mass is 32.1. The molecular weight excluding hydrogens is 252 g/mol. The number of carboxylic acid groups (broad SMARTS) is 1. The minimum atomic E-state index is -1.03. The largest absolute Gasteiger partial charge is 0.476 e. The molecule has 1 aromatic rings. The van der Waals surface area contributed by atoms with Crippen molar-refractivity contribution in [3.8, 4) is 0 Å². The first kappa shape index (κ1) is 14.6. The first-order chi connectivity index (χ1) is 8.49. The van der Waals surface area contributed by atoms with Gasteiger partial charge in [-0.25, -0.2) is 9.78 Å². The number of nitrogens with one attached hydrogen (secondary N) is 1. The van der Waals surface area contributed by atoms with Gasteiger partial charge in [0.05, 0.1) is 6.54 Å². The summed E-state index contributed by atoms with van der Waals surface area (Å²) in [5, 5.41) is 12.3. The zero-order chi connectivity index (χ0) is 13.7. The van der Waals surface area contributed by atoms with E-state index >= 15 is 0 Å². The number of aromatic carboxylic acids is 1. The third-order valence-electron chi connectivity index (χ3n) is 2.81. The van der Waals surface area contributed by atoms with Crippen LogP contribution in [-0.2, 0) is 11.3 Å². The second-order valence-corrected chi connectivity index (χ2v) is 5.34. The number of carbonyl (C=O) groups is 2. The molecule has 0 aliphatic rings. The van der Waals surface area contributed by atoms with Crippen LogP contribution in [0.4, 0.5) is 0 Å². The Morgan fingerprint density at radius 3 is 2.44 bits per heavy atom. The molecule has 0 bridgehead atoms. The molecule has 0 saturated carbocycles. The Bertz CT molecular complexity index is 439. The van der Waals surface area contributed by atoms with Crippen LogP contribution in [-0.4, -0.2) is 22.0 Å². The summed E-state index contributed by atoms with van der Waals surface area (Å²) in [6.45, 7) is 5.97. The van der Waals surface area contributed by atoms with Gasteiger partial charge in [-0.15, -0.1) is 11.3 Å². The van der Waals surface area contributed by atoms with Crippen molar-refractivity contribution >= 4 is 23.2 Å². The zero-order valence-corrected chi connectivity index (χ0v) is 11.6. The van der Waals surface area contributed by atoms with E-state index in [0.29, 0.717) is 16.4 Å². The SMILES string of the molecule is CCC(CC)C(=O)NCc1nc(C(=O)O)c(C)s1. The number of rotatable bonds is 6. The topological polar surface area (TPSA) is 79.3 Å². The molecule has 18 heavy (non-hydrogen) atoms. The quantitative estimate of drug-likeness (QED) is 0.830. The van der Waals surface area contributed by atoms with Gasteiger partial charge in [0.15, 0.2) is 5.69 Å². The van der Waals surface area contributed by atoms with Crippen molar-refractivity contribution in [1.82, 2.24) is 10.3 Å². The molecule has 1 aromatic heterocycles. The molecule has 0 radical (unpaired) electrons. The van der Waals surface area contributed by atoms with Crippen molar-refractivity contribution < 1.29 is 14.7 Å². The molecule has 0 fully saturated rings. The summed E-state index contributed by atoms with van der Waals surface area (Å²) in [5.74, 6) is -1.00. The zero-order valence-electron chi connectivity index (χ0n) is 10.8. The second-order valence-electron chi connectivity index (χ2n) is 4.05. The number of aryl methyl sites for hydroxylation is 1. The van der Waals surface area contributed by atoms with Crippen molar-refractivity contribution in [3.05, 3.63) is 15.6 Å². The average Bonchev–Trinajstić information content (AvgIpc) is 2.69. The summed E-state index contributed by atoms with van der Waals surface area (Å²) in [6, 6.07) is 0. The maximum Gasteiger partial charge on any atom is 0.355 e. The summed E-state index contributed by atoms with van der Waals surface area (Å²) < 4.78 is 0. The lowest BCUT2D eigenvalue weighted by Gasteiger charge is -2.11. The van der Waals surface area contributed by atoms with E-state index in [1.165, 1.54) is 11.3 Å². The fourth-order valence-electron chi connectivity index (χ4n) is 1.69. The Morgan fingerprint density at radius 2 is 2.00 bits per heavy atom. The Balaban J connectivity index is 2.61. The molecular formula is C12H18N2O3S. The molecule has 0 unspecified atom stereocenters. The Hall–Kier alpha value is -1.43. The predicted molar refractivity (Wildman–Crippen MR) is 69.7 cm³/mol. The van der Waals surface area contributed by atoms with E-state index in [-0.39, 0.29) is 17.5 Å². The molecule has 6 heteroatoms. The highest BCUT2D eigenvalue weighted by Crippen LogP contribution is 2.17. The van der Waals surface area contributed by atoms with E-state index in [1.807, 2.05) is 13.8 Å². The number of hydrogen-bond acceptors (Lipinski definition) is 4. The van der Waals surface area contributed by atoms with E-state index in [1.54, 1.807) is 6.92 Å². The molecule has 1 rings (SSSR count). The van der Waals surface area contributed by atoms with Gasteiger partial charge in [0.2, 0.25) is 5.91 Å². The monoisotopic (exact) mass is 270 g/mol. The first-order valence-electron chi connectivity index (χ1n) is 5.96. The molecule has 0 aromatic carbocycles. The summed E-state index contributed by atoms with van der Waals surface area (Å²) >= 11 is 1.30. The molecule has 1 amide bonds. The molecule has 0 aliphatic heterocycles. The maximum absolute atomic E-state index is 11.8. The summed E-state index contributed by atoms with van der Waals surface area (Å²) in [4.78, 5) is 27.2. The fraction of sp³-hybridized carbons (Fsp3) is 0.583. The fourth-order valence-corrected chi connectivity index (χ4v) is 2.56. The van der Waals surface area contributed by atoms with Gasteiger partial charge in [-0.05, 0) is 19.8 Å². The Kier molecular flexibility index (Phi) is 5.27. The molecule has 0 atom stereocenters. The molecule has 1 heterocycles. The van der Waals surface area contributed by atoms with Crippen LogP contribution in [0, 0.1) is 12.8 Å². The van der Waals surface area contributed by atoms with Crippen molar-refractivity contribution in [2.45, 2.75) is 40.2 Å². The molecule has 5 nitrogen and oxygen atoms in total. The third-order valence-corrected chi connectivity index (χ3v) is 3.78. The van der Waals surface area contributed by atoms with Gasteiger partial charge < -0.3 is 10.4 Å². The normalized spacial score (nSPS) is 10.7. The molecule has 0 saturated heterocycles. The van der Waals surface area contributed by atoms with Crippen LogP contribution in [0.15, 0.2) is 0 Å². The van der Waals surface area contributed by atoms with E-state index in [0.717, 1.165) is 12.8 Å². The number of amides is 1. The summed E-state index contributed by atoms with van der Waals surface area (Å²) in [7, 11) is 0. The molecule has 0 aliphatic carbocycles. The summed E-state index contributed by atoms with van der Waals surface area (Å²) in [5.41, 5.74) is 0.0757. The lowest BCUT2D eigenvalue weighted by Crippen LogP contribution is -2.29. The second kappa shape index (κ2) is 6.49. The number of carboxylic acids is 1. The lowest BCUT2D eigenvalue weighted by molar-refractivity contribution is -0.125. The van der Waals surface area contributed by atoms with Crippen LogP contribution in [0.1, 0.15) is 47.1 Å². The van der Waals surface area contributed by atoms with Crippen molar-refractivity contribution in [2.75, 3.05) is 0 Å². The number of aromatic nitrogens is 1. The number of carbonyl (C=O) groups excluding carboxylic acids is 1. The van der Waals surface area contributed by atoms with Crippen LogP contribution in [0.2, 0.25) is 0 Å². The average molecular weight is 270 g/mol. The number of thiazole rings is 1. The van der Waals surface area contributed by atoms with Crippen molar-refractivity contribution in [3.63, 3.8) is 0 Å². The molecule has 0 spiro atoms. The molecule has 2 N–H and O–H groups in total. The standard InChI is InChI=1S/C12H18N2O3S/c1-4-8(5-2)11(15)13-6-9-14-10(12(16)17)7(3)18-9/h8H,4-6H2,1-3H3,(H,13,15)(H,16,17). The maximum atomic E-state index is 11.8. The Labute approximate surface area is 110 Å². The van der Waals surface area contributed by atoms with Gasteiger partial charge in [0.25, 0.3) is 0 Å². The van der Waals surface area contributed by atoms with Gasteiger partial charge in [0.1, 0.15) is 5.01 Å². The van der Waals surface area contributed by atoms with Crippen LogP contribution < -0.4 is 5.32 Å². The molecule has 100 valence electrons. The lowest BCUT2D eigenvalue weighted by atomic mass is 10.0. The van der Waals surface area contributed by atoms with Crippen molar-refractivity contribution in [1.29, 1.82) is 0 Å². The highest BCUT2D eigenvalue weighted by Gasteiger charge is 2.16. The van der Waals surface area contributed by atoms with E-state index in [4.69, 9.17) is 5.11 Å². The van der Waals surface area contributed by atoms with E-state index < -0.39 is 5.97 Å². The van der Waals surface area contributed by atoms with Gasteiger partial charge in [0, 0.05) is 10.8 Å². The van der Waals surface area contributed by atoms with Gasteiger partial charge in [-0.1, -0.05) is 13.8 Å². The highest BCUT2D eigenvalue weighted by molar-refractivity contribution is 7.11. The van der Waals surface area contributed by atoms with Gasteiger partial charge >= 0.3 is 5.97 Å². The Morgan fingerprint density at radius 1 is 1.39 bits per heavy atom. The predicted octanol–water partition coefficient (Wildman–Crippen LogP) is 2.20. The first-order valence-corrected chi connectivity index (χ1v) is 6.78. The summed E-state index contributed by atoms with van der Waals surface area (Å²) in [6.07, 6.45) is 1.61. The smallest absolute Gasteiger partial charge is 0.355 e. The number of nitrogens with zero attached hydrogens (tertiary/aromatic N) is 1. The number of hydrogen-bond donors (Lipinski definition) is 2.